The lowest BCUT2D eigenvalue weighted by molar-refractivity contribution is -0.870. The van der Waals surface area contributed by atoms with Crippen molar-refractivity contribution in [2.75, 3.05) is 47.5 Å². The van der Waals surface area contributed by atoms with E-state index in [1.165, 1.54) is 0 Å². The van der Waals surface area contributed by atoms with Gasteiger partial charge in [0.2, 0.25) is 0 Å². The van der Waals surface area contributed by atoms with Crippen molar-refractivity contribution in [2.45, 2.75) is 89.1 Å². The first kappa shape index (κ1) is 36.0. The molecule has 1 aliphatic heterocycles. The quantitative estimate of drug-likeness (QED) is 0.0353. The third-order valence-electron chi connectivity index (χ3n) is 7.20. The summed E-state index contributed by atoms with van der Waals surface area (Å²) in [4.78, 5) is 39.6. The molecule has 2 N–H and O–H groups in total. The molecule has 1 saturated heterocycles. The Labute approximate surface area is 244 Å². The van der Waals surface area contributed by atoms with Crippen LogP contribution in [0.2, 0.25) is 0 Å². The summed E-state index contributed by atoms with van der Waals surface area (Å²) < 4.78 is 27.2. The van der Waals surface area contributed by atoms with Gasteiger partial charge in [-0.2, -0.15) is 0 Å². The molecule has 0 aromatic heterocycles. The van der Waals surface area contributed by atoms with Crippen LogP contribution in [0, 0.1) is 11.8 Å². The molecule has 7 atom stereocenters. The van der Waals surface area contributed by atoms with Gasteiger partial charge in [0.15, 0.2) is 0 Å². The number of likely N-dealkylation sites (N-methyl/N-ethyl adjacent to an activating group) is 1. The number of hydrogen-bond acceptors (Lipinski definition) is 11. The van der Waals surface area contributed by atoms with Crippen LogP contribution in [0.15, 0.2) is 24.3 Å². The Morgan fingerprint density at radius 3 is 2.59 bits per heavy atom. The first-order valence-electron chi connectivity index (χ1n) is 14.6. The molecule has 0 spiro atoms. The number of rotatable bonds is 22. The van der Waals surface area contributed by atoms with Crippen molar-refractivity contribution in [1.82, 2.24) is 0 Å². The second kappa shape index (κ2) is 18.5. The van der Waals surface area contributed by atoms with E-state index in [4.69, 9.17) is 23.6 Å². The zero-order chi connectivity index (χ0) is 30.3. The number of carbonyl (C=O) groups is 1. The number of allylic oxidation sites excluding steroid dienone is 2. The van der Waals surface area contributed by atoms with E-state index in [-0.39, 0.29) is 43.2 Å². The van der Waals surface area contributed by atoms with E-state index in [0.29, 0.717) is 23.9 Å². The van der Waals surface area contributed by atoms with Crippen LogP contribution in [0.3, 0.4) is 0 Å². The number of hydrogen-bond donors (Lipinski definition) is 2. The van der Waals surface area contributed by atoms with Gasteiger partial charge < -0.3 is 28.3 Å². The van der Waals surface area contributed by atoms with Crippen molar-refractivity contribution in [3.63, 3.8) is 0 Å². The van der Waals surface area contributed by atoms with Gasteiger partial charge in [0.1, 0.15) is 31.5 Å². The molecule has 1 saturated carbocycles. The Morgan fingerprint density at radius 2 is 1.90 bits per heavy atom. The highest BCUT2D eigenvalue weighted by Crippen LogP contribution is 2.45. The van der Waals surface area contributed by atoms with Crippen LogP contribution in [0.1, 0.15) is 64.7 Å². The lowest BCUT2D eigenvalue weighted by Gasteiger charge is -2.28. The number of phosphoric acid groups is 1. The summed E-state index contributed by atoms with van der Waals surface area (Å²) in [6, 6.07) is 0. The molecular formula is C28H50NO11P. The monoisotopic (exact) mass is 607 g/mol. The highest BCUT2D eigenvalue weighted by molar-refractivity contribution is 7.45. The minimum absolute atomic E-state index is 0.00678. The highest BCUT2D eigenvalue weighted by Gasteiger charge is 2.49. The van der Waals surface area contributed by atoms with Crippen LogP contribution in [0.25, 0.3) is 0 Å². The van der Waals surface area contributed by atoms with E-state index in [1.54, 1.807) is 0 Å². The molecule has 0 amide bonds. The predicted octanol–water partition coefficient (Wildman–Crippen LogP) is 3.54. The fourth-order valence-electron chi connectivity index (χ4n) is 4.79. The molecular weight excluding hydrogens is 557 g/mol. The molecule has 2 bridgehead atoms. The zero-order valence-electron chi connectivity index (χ0n) is 24.9. The molecule has 2 fully saturated rings. The molecule has 0 radical (unpaired) electrons. The lowest BCUT2D eigenvalue weighted by Crippen LogP contribution is -2.37. The van der Waals surface area contributed by atoms with Gasteiger partial charge in [0.25, 0.3) is 7.82 Å². The second-order valence-corrected chi connectivity index (χ2v) is 13.2. The van der Waals surface area contributed by atoms with Gasteiger partial charge in [-0.25, -0.2) is 14.7 Å². The van der Waals surface area contributed by atoms with Crippen molar-refractivity contribution < 1.29 is 57.5 Å². The van der Waals surface area contributed by atoms with Crippen molar-refractivity contribution >= 4 is 13.8 Å². The maximum Gasteiger partial charge on any atom is 0.306 e. The molecule has 1 heterocycles. The SMILES string of the molecule is CCCCC[C@@H](/C=C/[C@@H]1[C@@H](C/C=C\CCCC(=O)O[C@H](CO)COP(=O)([O-])OCC[N+](C)(C)C)[C@@H]2C[C@H]1OO2)OO. The van der Waals surface area contributed by atoms with Crippen molar-refractivity contribution in [2.24, 2.45) is 11.8 Å². The normalized spacial score (nSPS) is 25.6. The fraction of sp³-hybridized carbons (Fsp3) is 0.821. The summed E-state index contributed by atoms with van der Waals surface area (Å²) >= 11 is 0. The van der Waals surface area contributed by atoms with Crippen molar-refractivity contribution in [3.05, 3.63) is 24.3 Å². The van der Waals surface area contributed by atoms with Crippen LogP contribution < -0.4 is 4.89 Å². The molecule has 1 unspecified atom stereocenters. The molecule has 0 aromatic carbocycles. The Morgan fingerprint density at radius 1 is 1.15 bits per heavy atom. The first-order valence-corrected chi connectivity index (χ1v) is 16.1. The van der Waals surface area contributed by atoms with Gasteiger partial charge in [-0.15, -0.1) is 0 Å². The predicted molar refractivity (Wildman–Crippen MR) is 149 cm³/mol. The maximum atomic E-state index is 12.2. The summed E-state index contributed by atoms with van der Waals surface area (Å²) in [6.45, 7) is 1.47. The van der Waals surface area contributed by atoms with Gasteiger partial charge in [0, 0.05) is 24.7 Å². The highest BCUT2D eigenvalue weighted by atomic mass is 31.2. The lowest BCUT2D eigenvalue weighted by atomic mass is 9.89. The number of esters is 1. The summed E-state index contributed by atoms with van der Waals surface area (Å²) in [7, 11) is 1.13. The van der Waals surface area contributed by atoms with Crippen LogP contribution in [-0.4, -0.2) is 92.7 Å². The third-order valence-corrected chi connectivity index (χ3v) is 8.17. The van der Waals surface area contributed by atoms with Crippen LogP contribution in [-0.2, 0) is 37.8 Å². The first-order chi connectivity index (χ1) is 19.5. The van der Waals surface area contributed by atoms with E-state index in [0.717, 1.165) is 38.5 Å². The number of fused-ring (bicyclic) bond motifs is 2. The third kappa shape index (κ3) is 14.2. The largest absolute Gasteiger partial charge is 0.756 e. The number of carbonyl (C=O) groups excluding carboxylic acids is 1. The van der Waals surface area contributed by atoms with Gasteiger partial charge in [-0.3, -0.25) is 14.6 Å². The molecule has 1 aliphatic carbocycles. The Bertz CT molecular complexity index is 862. The van der Waals surface area contributed by atoms with E-state index in [1.807, 2.05) is 33.3 Å². The zero-order valence-corrected chi connectivity index (χ0v) is 25.8. The Balaban J connectivity index is 1.68. The summed E-state index contributed by atoms with van der Waals surface area (Å²) in [6.07, 6.45) is 13.6. The topological polar surface area (TPSA) is 153 Å². The number of nitrogens with zero attached hydrogens (tertiary/aromatic N) is 1. The molecule has 13 heteroatoms. The Hall–Kier alpha value is -1.18. The molecule has 238 valence electrons. The molecule has 2 rings (SSSR count). The maximum absolute atomic E-state index is 12.2. The minimum atomic E-state index is -4.57. The van der Waals surface area contributed by atoms with Gasteiger partial charge in [0.05, 0.1) is 40.5 Å². The number of unbranched alkanes of at least 4 members (excludes halogenated alkanes) is 3. The number of aliphatic hydroxyl groups excluding tert-OH is 1. The van der Waals surface area contributed by atoms with Crippen LogP contribution in [0.5, 0.6) is 0 Å². The summed E-state index contributed by atoms with van der Waals surface area (Å²) in [5, 5.41) is 18.7. The average molecular weight is 608 g/mol. The second-order valence-electron chi connectivity index (χ2n) is 11.8. The number of phosphoric ester groups is 1. The summed E-state index contributed by atoms with van der Waals surface area (Å²) in [5.74, 6) is -0.126. The fourth-order valence-corrected chi connectivity index (χ4v) is 5.52. The van der Waals surface area contributed by atoms with Crippen molar-refractivity contribution in [3.8, 4) is 0 Å². The molecule has 2 aliphatic rings. The van der Waals surface area contributed by atoms with Crippen LogP contribution in [0.4, 0.5) is 0 Å². The summed E-state index contributed by atoms with van der Waals surface area (Å²) in [5.41, 5.74) is 0. The number of quaternary nitrogens is 1. The van der Waals surface area contributed by atoms with E-state index in [9.17, 15) is 24.6 Å². The van der Waals surface area contributed by atoms with E-state index in [2.05, 4.69) is 24.0 Å². The Kier molecular flexibility index (Phi) is 16.2. The van der Waals surface area contributed by atoms with Crippen LogP contribution >= 0.6 is 7.82 Å². The number of ether oxygens (including phenoxy) is 1. The molecule has 41 heavy (non-hydrogen) atoms. The molecule has 0 aromatic rings. The number of aliphatic hydroxyl groups is 1. The van der Waals surface area contributed by atoms with E-state index < -0.39 is 33.1 Å². The smallest absolute Gasteiger partial charge is 0.306 e. The van der Waals surface area contributed by atoms with Crippen molar-refractivity contribution in [1.29, 1.82) is 0 Å². The van der Waals surface area contributed by atoms with E-state index >= 15 is 0 Å². The minimum Gasteiger partial charge on any atom is -0.756 e. The molecule has 12 nitrogen and oxygen atoms in total. The van der Waals surface area contributed by atoms with Gasteiger partial charge in [-0.05, 0) is 25.7 Å². The average Bonchev–Trinajstić information content (AvgIpc) is 3.51. The van der Waals surface area contributed by atoms with Gasteiger partial charge in [-0.1, -0.05) is 50.5 Å². The van der Waals surface area contributed by atoms with Gasteiger partial charge >= 0.3 is 5.97 Å². The standard InChI is InChI=1S/C28H50NO11P/c1-5-6-9-12-22(38-32)15-16-25-24(26-19-27(25)40-39-26)13-10-7-8-11-14-28(31)37-23(20-30)21-36-41(33,34)35-18-17-29(2,3)4/h7,10,15-16,22-27,30H,5-6,8-9,11-14,17-21H2,1-4H3,(H-,32,33,34)/b10-7-,16-15+/t22-,23+,24+,25+,26-,27+/m0/s1.